The first-order valence-electron chi connectivity index (χ1n) is 9.21. The van der Waals surface area contributed by atoms with E-state index in [4.69, 9.17) is 11.6 Å². The van der Waals surface area contributed by atoms with Crippen LogP contribution in [0, 0.1) is 12.7 Å². The third kappa shape index (κ3) is 3.52. The van der Waals surface area contributed by atoms with Crippen LogP contribution in [0.5, 0.6) is 0 Å². The van der Waals surface area contributed by atoms with E-state index in [1.54, 1.807) is 17.3 Å². The molecule has 1 aliphatic heterocycles. The molecule has 28 heavy (non-hydrogen) atoms. The molecule has 1 atom stereocenters. The van der Waals surface area contributed by atoms with Crippen molar-refractivity contribution in [2.24, 2.45) is 0 Å². The fraction of sp³-hybridized carbons (Fsp3) is 0.286. The molecule has 0 radical (unpaired) electrons. The number of aryl methyl sites for hydroxylation is 1. The minimum Gasteiger partial charge on any atom is -0.328 e. The lowest BCUT2D eigenvalue weighted by Crippen LogP contribution is -2.32. The molecule has 0 bridgehead atoms. The van der Waals surface area contributed by atoms with Crippen molar-refractivity contribution in [2.75, 3.05) is 6.54 Å². The van der Waals surface area contributed by atoms with Crippen molar-refractivity contribution >= 4 is 17.5 Å². The summed E-state index contributed by atoms with van der Waals surface area (Å²) in [7, 11) is 0. The number of benzene rings is 1. The van der Waals surface area contributed by atoms with Gasteiger partial charge in [-0.05, 0) is 55.7 Å². The zero-order valence-corrected chi connectivity index (χ0v) is 16.2. The van der Waals surface area contributed by atoms with Gasteiger partial charge in [0.2, 0.25) is 0 Å². The van der Waals surface area contributed by atoms with Crippen molar-refractivity contribution in [3.8, 4) is 0 Å². The summed E-state index contributed by atoms with van der Waals surface area (Å²) < 4.78 is 16.4. The van der Waals surface area contributed by atoms with Crippen molar-refractivity contribution in [3.05, 3.63) is 82.4 Å². The first-order chi connectivity index (χ1) is 13.5. The number of likely N-dealkylation sites (tertiary alicyclic amines) is 1. The number of aromatic nitrogens is 3. The molecule has 0 saturated carbocycles. The van der Waals surface area contributed by atoms with Crippen LogP contribution in [0.15, 0.2) is 48.9 Å². The minimum atomic E-state index is -0.559. The number of amides is 1. The van der Waals surface area contributed by atoms with E-state index in [-0.39, 0.29) is 17.5 Å². The Morgan fingerprint density at radius 2 is 2.07 bits per heavy atom. The van der Waals surface area contributed by atoms with Gasteiger partial charge in [-0.25, -0.2) is 9.37 Å². The number of halogens is 2. The normalized spacial score (nSPS) is 16.5. The van der Waals surface area contributed by atoms with Gasteiger partial charge in [-0.15, -0.1) is 0 Å². The Bertz CT molecular complexity index is 1000. The molecule has 0 spiro atoms. The molecule has 7 heteroatoms. The second kappa shape index (κ2) is 7.72. The first-order valence-corrected chi connectivity index (χ1v) is 9.59. The number of carbonyl (C=O) groups excluding carboxylic acids is 1. The molecule has 1 fully saturated rings. The molecule has 0 N–H and O–H groups in total. The molecule has 3 heterocycles. The summed E-state index contributed by atoms with van der Waals surface area (Å²) in [5.41, 5.74) is 2.12. The smallest absolute Gasteiger partial charge is 0.257 e. The highest BCUT2D eigenvalue weighted by molar-refractivity contribution is 6.31. The third-order valence-electron chi connectivity index (χ3n) is 5.15. The minimum absolute atomic E-state index is 0.00311. The van der Waals surface area contributed by atoms with Crippen molar-refractivity contribution in [2.45, 2.75) is 32.4 Å². The number of hydrogen-bond acceptors (Lipinski definition) is 3. The summed E-state index contributed by atoms with van der Waals surface area (Å²) in [6, 6.07) is 7.80. The van der Waals surface area contributed by atoms with Gasteiger partial charge in [0.1, 0.15) is 11.6 Å². The van der Waals surface area contributed by atoms with E-state index in [0.717, 1.165) is 29.9 Å². The molecule has 4 rings (SSSR count). The molecular weight excluding hydrogens is 379 g/mol. The molecule has 5 nitrogen and oxygen atoms in total. The monoisotopic (exact) mass is 398 g/mol. The number of rotatable bonds is 4. The van der Waals surface area contributed by atoms with E-state index in [9.17, 15) is 9.18 Å². The molecule has 0 aliphatic carbocycles. The molecule has 1 aromatic carbocycles. The highest BCUT2D eigenvalue weighted by Crippen LogP contribution is 2.34. The van der Waals surface area contributed by atoms with Crippen LogP contribution in [0.3, 0.4) is 0 Å². The molecule has 144 valence electrons. The van der Waals surface area contributed by atoms with Crippen molar-refractivity contribution in [1.82, 2.24) is 19.4 Å². The van der Waals surface area contributed by atoms with Gasteiger partial charge in [0.25, 0.3) is 5.91 Å². The Morgan fingerprint density at radius 1 is 1.29 bits per heavy atom. The van der Waals surface area contributed by atoms with Crippen molar-refractivity contribution in [3.63, 3.8) is 0 Å². The van der Waals surface area contributed by atoms with E-state index in [0.29, 0.717) is 18.1 Å². The van der Waals surface area contributed by atoms with Gasteiger partial charge in [0.05, 0.1) is 11.6 Å². The molecule has 2 aromatic heterocycles. The fourth-order valence-electron chi connectivity index (χ4n) is 3.72. The fourth-order valence-corrected chi connectivity index (χ4v) is 3.89. The molecule has 1 saturated heterocycles. The Labute approximate surface area is 167 Å². The SMILES string of the molecule is Cc1cnc(C2CCCN2C(=O)c2cc(Cl)ccc2F)n1Cc1ccncc1. The number of pyridine rings is 1. The lowest BCUT2D eigenvalue weighted by atomic mass is 10.1. The Kier molecular flexibility index (Phi) is 5.13. The largest absolute Gasteiger partial charge is 0.328 e. The maximum atomic E-state index is 14.2. The average Bonchev–Trinajstić information content (AvgIpc) is 3.31. The van der Waals surface area contributed by atoms with Crippen LogP contribution in [0.2, 0.25) is 5.02 Å². The summed E-state index contributed by atoms with van der Waals surface area (Å²) in [5, 5.41) is 0.343. The second-order valence-corrected chi connectivity index (χ2v) is 7.42. The van der Waals surface area contributed by atoms with Crippen LogP contribution in [0.1, 0.15) is 46.3 Å². The standard InChI is InChI=1S/C21H20ClFN4O/c1-14-12-25-20(27(14)13-15-6-8-24-9-7-15)19-3-2-10-26(19)21(28)17-11-16(22)4-5-18(17)23/h4-9,11-12,19H,2-3,10,13H2,1H3. The highest BCUT2D eigenvalue weighted by atomic mass is 35.5. The lowest BCUT2D eigenvalue weighted by Gasteiger charge is -2.26. The second-order valence-electron chi connectivity index (χ2n) is 6.98. The predicted molar refractivity (Wildman–Crippen MR) is 105 cm³/mol. The third-order valence-corrected chi connectivity index (χ3v) is 5.38. The van der Waals surface area contributed by atoms with E-state index >= 15 is 0 Å². The molecule has 1 unspecified atom stereocenters. The quantitative estimate of drug-likeness (QED) is 0.654. The maximum Gasteiger partial charge on any atom is 0.257 e. The molecular formula is C21H20ClFN4O. The van der Waals surface area contributed by atoms with Crippen LogP contribution >= 0.6 is 11.6 Å². The zero-order valence-electron chi connectivity index (χ0n) is 15.5. The summed E-state index contributed by atoms with van der Waals surface area (Å²) in [6.45, 7) is 3.21. The van der Waals surface area contributed by atoms with Crippen LogP contribution < -0.4 is 0 Å². The molecule has 1 aliphatic rings. The maximum absolute atomic E-state index is 14.2. The Hall–Kier alpha value is -2.73. The van der Waals surface area contributed by atoms with E-state index < -0.39 is 5.82 Å². The summed E-state index contributed by atoms with van der Waals surface area (Å²) in [4.78, 5) is 23.4. The van der Waals surface area contributed by atoms with E-state index in [1.807, 2.05) is 25.3 Å². The molecule has 3 aromatic rings. The van der Waals surface area contributed by atoms with Crippen molar-refractivity contribution in [1.29, 1.82) is 0 Å². The van der Waals surface area contributed by atoms with Crippen LogP contribution in [0.4, 0.5) is 4.39 Å². The number of carbonyl (C=O) groups is 1. The molecule has 1 amide bonds. The number of hydrogen-bond donors (Lipinski definition) is 0. The number of imidazole rings is 1. The highest BCUT2D eigenvalue weighted by Gasteiger charge is 2.34. The lowest BCUT2D eigenvalue weighted by molar-refractivity contribution is 0.0723. The van der Waals surface area contributed by atoms with Gasteiger partial charge in [-0.1, -0.05) is 11.6 Å². The predicted octanol–water partition coefficient (Wildman–Crippen LogP) is 4.40. The van der Waals surface area contributed by atoms with Gasteiger partial charge in [-0.3, -0.25) is 9.78 Å². The van der Waals surface area contributed by atoms with Gasteiger partial charge in [0, 0.05) is 42.4 Å². The zero-order chi connectivity index (χ0) is 19.7. The summed E-state index contributed by atoms with van der Waals surface area (Å²) >= 11 is 5.98. The van der Waals surface area contributed by atoms with Crippen LogP contribution in [-0.2, 0) is 6.54 Å². The van der Waals surface area contributed by atoms with E-state index in [2.05, 4.69) is 14.5 Å². The van der Waals surface area contributed by atoms with Gasteiger partial charge >= 0.3 is 0 Å². The average molecular weight is 399 g/mol. The van der Waals surface area contributed by atoms with E-state index in [1.165, 1.54) is 18.2 Å². The van der Waals surface area contributed by atoms with Gasteiger partial charge in [0.15, 0.2) is 0 Å². The Morgan fingerprint density at radius 3 is 2.86 bits per heavy atom. The van der Waals surface area contributed by atoms with Gasteiger partial charge in [-0.2, -0.15) is 0 Å². The number of nitrogens with zero attached hydrogens (tertiary/aromatic N) is 4. The summed E-state index contributed by atoms with van der Waals surface area (Å²) in [5.74, 6) is -0.0856. The topological polar surface area (TPSA) is 51.0 Å². The van der Waals surface area contributed by atoms with Crippen LogP contribution in [0.25, 0.3) is 0 Å². The van der Waals surface area contributed by atoms with Gasteiger partial charge < -0.3 is 9.47 Å². The summed E-state index contributed by atoms with van der Waals surface area (Å²) in [6.07, 6.45) is 6.97. The first kappa shape index (κ1) is 18.6. The van der Waals surface area contributed by atoms with Crippen molar-refractivity contribution < 1.29 is 9.18 Å². The Balaban J connectivity index is 1.66. The van der Waals surface area contributed by atoms with Crippen LogP contribution in [-0.4, -0.2) is 31.9 Å².